The third kappa shape index (κ3) is 5.57. The number of hydrogen-bond donors (Lipinski definition) is 1. The van der Waals surface area contributed by atoms with Crippen molar-refractivity contribution in [2.45, 2.75) is 25.4 Å². The van der Waals surface area contributed by atoms with Crippen LogP contribution in [0.4, 0.5) is 13.2 Å². The van der Waals surface area contributed by atoms with Gasteiger partial charge in [0.1, 0.15) is 12.9 Å². The lowest BCUT2D eigenvalue weighted by atomic mass is 10.1. The zero-order chi connectivity index (χ0) is 26.9. The number of carbonyl (C=O) groups excluding carboxylic acids is 1. The van der Waals surface area contributed by atoms with Crippen LogP contribution >= 0.6 is 11.6 Å². The number of carbonyl (C=O) groups is 1. The zero-order valence-electron chi connectivity index (χ0n) is 19.6. The quantitative estimate of drug-likeness (QED) is 0.389. The molecule has 0 radical (unpaired) electrons. The fourth-order valence-electron chi connectivity index (χ4n) is 3.51. The second-order valence-corrected chi connectivity index (χ2v) is 8.70. The lowest BCUT2D eigenvalue weighted by Gasteiger charge is -2.15. The number of alkyl halides is 3. The molecule has 4 rings (SSSR count). The van der Waals surface area contributed by atoms with Gasteiger partial charge < -0.3 is 10.0 Å². The van der Waals surface area contributed by atoms with Crippen molar-refractivity contribution in [1.82, 2.24) is 34.0 Å². The fourth-order valence-corrected chi connectivity index (χ4v) is 3.64. The molecule has 2 aromatic heterocycles. The van der Waals surface area contributed by atoms with Crippen molar-refractivity contribution in [3.8, 4) is 17.1 Å². The summed E-state index contributed by atoms with van der Waals surface area (Å²) >= 11 is 5.90. The van der Waals surface area contributed by atoms with E-state index in [0.29, 0.717) is 21.8 Å². The molecule has 0 bridgehead atoms. The summed E-state index contributed by atoms with van der Waals surface area (Å²) in [5.74, 6) is -0.220. The maximum Gasteiger partial charge on any atom is 0.416 e. The van der Waals surface area contributed by atoms with Crippen molar-refractivity contribution in [2.24, 2.45) is 0 Å². The van der Waals surface area contributed by atoms with E-state index < -0.39 is 24.5 Å². The van der Waals surface area contributed by atoms with Crippen LogP contribution in [-0.2, 0) is 13.1 Å². The van der Waals surface area contributed by atoms with Gasteiger partial charge >= 0.3 is 11.9 Å². The highest BCUT2D eigenvalue weighted by atomic mass is 35.5. The second kappa shape index (κ2) is 10.2. The molecular formula is C23H21ClF3N7O3. The number of nitrogens with zero attached hydrogens (tertiary/aromatic N) is 7. The van der Waals surface area contributed by atoms with E-state index in [9.17, 15) is 27.9 Å². The Bertz CT molecular complexity index is 1480. The molecule has 0 saturated heterocycles. The molecule has 194 valence electrons. The minimum Gasteiger partial charge on any atom is -0.382 e. The van der Waals surface area contributed by atoms with E-state index in [-0.39, 0.29) is 24.1 Å². The van der Waals surface area contributed by atoms with Gasteiger partial charge in [-0.15, -0.1) is 10.2 Å². The molecule has 0 saturated carbocycles. The fraction of sp³-hybridized carbons (Fsp3) is 0.261. The monoisotopic (exact) mass is 535 g/mol. The van der Waals surface area contributed by atoms with Crippen molar-refractivity contribution in [3.05, 3.63) is 81.8 Å². The average Bonchev–Trinajstić information content (AvgIpc) is 3.44. The smallest absolute Gasteiger partial charge is 0.382 e. The number of para-hydroxylation sites is 1. The number of hydrogen-bond acceptors (Lipinski definition) is 6. The Balaban J connectivity index is 1.70. The van der Waals surface area contributed by atoms with Gasteiger partial charge in [0.2, 0.25) is 0 Å². The van der Waals surface area contributed by atoms with E-state index in [1.807, 2.05) is 0 Å². The number of halogens is 4. The van der Waals surface area contributed by atoms with Gasteiger partial charge in [-0.3, -0.25) is 9.36 Å². The Hall–Kier alpha value is -3.97. The van der Waals surface area contributed by atoms with Crippen LogP contribution in [0.1, 0.15) is 16.2 Å². The van der Waals surface area contributed by atoms with E-state index in [1.165, 1.54) is 40.2 Å². The standard InChI is InChI=1S/C23H21ClF3N7O3/c1-31(2)21(36)16-5-3-4-6-17(16)34-13-28-19(29-34)12-33-22(37)32(11-18(35)23(25,26)27)20(30-33)14-7-9-15(24)10-8-14/h3-10,13,18,35H,11-12H2,1-2H3. The highest BCUT2D eigenvalue weighted by Gasteiger charge is 2.39. The molecule has 1 atom stereocenters. The van der Waals surface area contributed by atoms with Gasteiger partial charge in [-0.1, -0.05) is 23.7 Å². The Labute approximate surface area is 213 Å². The van der Waals surface area contributed by atoms with Gasteiger partial charge in [0.25, 0.3) is 5.91 Å². The van der Waals surface area contributed by atoms with Crippen molar-refractivity contribution in [2.75, 3.05) is 14.1 Å². The number of benzene rings is 2. The predicted molar refractivity (Wildman–Crippen MR) is 127 cm³/mol. The van der Waals surface area contributed by atoms with E-state index in [2.05, 4.69) is 15.2 Å². The lowest BCUT2D eigenvalue weighted by molar-refractivity contribution is -0.207. The Morgan fingerprint density at radius 1 is 1.11 bits per heavy atom. The summed E-state index contributed by atoms with van der Waals surface area (Å²) in [4.78, 5) is 31.2. The maximum atomic E-state index is 13.1. The highest BCUT2D eigenvalue weighted by molar-refractivity contribution is 6.30. The van der Waals surface area contributed by atoms with Gasteiger partial charge in [-0.05, 0) is 36.4 Å². The van der Waals surface area contributed by atoms with Gasteiger partial charge in [0.15, 0.2) is 17.8 Å². The first kappa shape index (κ1) is 26.1. The molecule has 0 aliphatic rings. The number of aliphatic hydroxyl groups is 1. The van der Waals surface area contributed by atoms with Gasteiger partial charge in [0, 0.05) is 24.7 Å². The number of aromatic nitrogens is 6. The third-order valence-electron chi connectivity index (χ3n) is 5.38. The number of rotatable bonds is 7. The van der Waals surface area contributed by atoms with Crippen molar-refractivity contribution in [1.29, 1.82) is 0 Å². The highest BCUT2D eigenvalue weighted by Crippen LogP contribution is 2.24. The summed E-state index contributed by atoms with van der Waals surface area (Å²) < 4.78 is 42.2. The molecule has 0 aliphatic carbocycles. The van der Waals surface area contributed by atoms with Crippen LogP contribution < -0.4 is 5.69 Å². The molecule has 2 aromatic carbocycles. The van der Waals surface area contributed by atoms with Crippen LogP contribution in [-0.4, -0.2) is 71.4 Å². The number of aliphatic hydroxyl groups excluding tert-OH is 1. The SMILES string of the molecule is CN(C)C(=O)c1ccccc1-n1cnc(Cn2nc(-c3ccc(Cl)cc3)n(CC(O)C(F)(F)F)c2=O)n1. The average molecular weight is 536 g/mol. The van der Waals surface area contributed by atoms with Crippen LogP contribution in [0.3, 0.4) is 0 Å². The molecule has 37 heavy (non-hydrogen) atoms. The third-order valence-corrected chi connectivity index (χ3v) is 5.63. The van der Waals surface area contributed by atoms with Crippen LogP contribution in [0.15, 0.2) is 59.7 Å². The van der Waals surface area contributed by atoms with E-state index >= 15 is 0 Å². The van der Waals surface area contributed by atoms with Crippen LogP contribution in [0.5, 0.6) is 0 Å². The molecule has 14 heteroatoms. The van der Waals surface area contributed by atoms with E-state index in [0.717, 1.165) is 9.25 Å². The first-order chi connectivity index (χ1) is 17.5. The summed E-state index contributed by atoms with van der Waals surface area (Å²) in [5, 5.41) is 18.5. The lowest BCUT2D eigenvalue weighted by Crippen LogP contribution is -2.37. The zero-order valence-corrected chi connectivity index (χ0v) is 20.3. The first-order valence-corrected chi connectivity index (χ1v) is 11.2. The van der Waals surface area contributed by atoms with Crippen molar-refractivity contribution in [3.63, 3.8) is 0 Å². The summed E-state index contributed by atoms with van der Waals surface area (Å²) in [6.45, 7) is -1.33. The van der Waals surface area contributed by atoms with Crippen molar-refractivity contribution < 1.29 is 23.1 Å². The largest absolute Gasteiger partial charge is 0.416 e. The molecule has 0 fully saturated rings. The molecule has 2 heterocycles. The van der Waals surface area contributed by atoms with E-state index in [1.54, 1.807) is 38.4 Å². The van der Waals surface area contributed by atoms with Gasteiger partial charge in [0.05, 0.1) is 17.8 Å². The van der Waals surface area contributed by atoms with E-state index in [4.69, 9.17) is 11.6 Å². The Kier molecular flexibility index (Phi) is 7.18. The van der Waals surface area contributed by atoms with Crippen molar-refractivity contribution >= 4 is 17.5 Å². The normalized spacial score (nSPS) is 12.5. The molecule has 1 unspecified atom stereocenters. The van der Waals surface area contributed by atoms with Crippen LogP contribution in [0.25, 0.3) is 17.1 Å². The maximum absolute atomic E-state index is 13.1. The summed E-state index contributed by atoms with van der Waals surface area (Å²) in [5.41, 5.74) is 0.251. The summed E-state index contributed by atoms with van der Waals surface area (Å²) in [7, 11) is 3.23. The first-order valence-electron chi connectivity index (χ1n) is 10.9. The minimum absolute atomic E-state index is 0.0914. The molecule has 0 spiro atoms. The van der Waals surface area contributed by atoms with Gasteiger partial charge in [-0.25, -0.2) is 19.1 Å². The van der Waals surface area contributed by atoms with Crippen LogP contribution in [0, 0.1) is 0 Å². The molecular weight excluding hydrogens is 515 g/mol. The molecule has 1 amide bonds. The minimum atomic E-state index is -4.93. The number of amides is 1. The summed E-state index contributed by atoms with van der Waals surface area (Å²) in [6.07, 6.45) is -6.36. The topological polar surface area (TPSA) is 111 Å². The second-order valence-electron chi connectivity index (χ2n) is 8.26. The summed E-state index contributed by atoms with van der Waals surface area (Å²) in [6, 6.07) is 12.7. The van der Waals surface area contributed by atoms with Gasteiger partial charge in [-0.2, -0.15) is 13.2 Å². The van der Waals surface area contributed by atoms with Crippen LogP contribution in [0.2, 0.25) is 5.02 Å². The Morgan fingerprint density at radius 3 is 2.43 bits per heavy atom. The molecule has 10 nitrogen and oxygen atoms in total. The molecule has 0 aliphatic heterocycles. The molecule has 1 N–H and O–H groups in total. The molecule has 4 aromatic rings. The predicted octanol–water partition coefficient (Wildman–Crippen LogP) is 2.62. The Morgan fingerprint density at radius 2 is 1.78 bits per heavy atom.